The van der Waals surface area contributed by atoms with Crippen LogP contribution in [0.4, 0.5) is 17.2 Å². The quantitative estimate of drug-likeness (QED) is 0.685. The van der Waals surface area contributed by atoms with Gasteiger partial charge in [-0.25, -0.2) is 0 Å². The summed E-state index contributed by atoms with van der Waals surface area (Å²) in [5, 5.41) is 18.1. The van der Waals surface area contributed by atoms with Crippen molar-refractivity contribution in [2.75, 3.05) is 11.1 Å². The van der Waals surface area contributed by atoms with Gasteiger partial charge >= 0.3 is 0 Å². The van der Waals surface area contributed by atoms with Crippen LogP contribution < -0.4 is 11.1 Å². The van der Waals surface area contributed by atoms with Crippen LogP contribution in [-0.2, 0) is 0 Å². The predicted octanol–water partition coefficient (Wildman–Crippen LogP) is 1.61. The fraction of sp³-hybridized carbons (Fsp3) is 0. The first-order valence-electron chi connectivity index (χ1n) is 4.37. The molecule has 5 heteroatoms. The lowest BCUT2D eigenvalue weighted by Gasteiger charge is -2.03. The van der Waals surface area contributed by atoms with Crippen LogP contribution in [0.2, 0.25) is 0 Å². The minimum Gasteiger partial charge on any atom is -0.380 e. The molecule has 0 saturated heterocycles. The zero-order chi connectivity index (χ0) is 10.7. The molecule has 74 valence electrons. The van der Waals surface area contributed by atoms with Gasteiger partial charge in [0.2, 0.25) is 0 Å². The van der Waals surface area contributed by atoms with E-state index in [9.17, 15) is 0 Å². The molecule has 0 aliphatic carbocycles. The molecular formula is C10H9N5. The van der Waals surface area contributed by atoms with Crippen LogP contribution >= 0.6 is 0 Å². The molecule has 0 unspecified atom stereocenters. The first kappa shape index (κ1) is 9.09. The van der Waals surface area contributed by atoms with Gasteiger partial charge in [0.1, 0.15) is 11.8 Å². The first-order valence-corrected chi connectivity index (χ1v) is 4.37. The minimum absolute atomic E-state index is 0.287. The summed E-state index contributed by atoms with van der Waals surface area (Å²) >= 11 is 0. The highest BCUT2D eigenvalue weighted by Gasteiger charge is 2.09. The van der Waals surface area contributed by atoms with Crippen LogP contribution in [0, 0.1) is 11.3 Å². The molecule has 1 heterocycles. The molecule has 1 aromatic heterocycles. The van der Waals surface area contributed by atoms with Gasteiger partial charge in [-0.2, -0.15) is 10.4 Å². The van der Waals surface area contributed by atoms with Crippen molar-refractivity contribution in [3.63, 3.8) is 0 Å². The van der Waals surface area contributed by atoms with Gasteiger partial charge in [-0.3, -0.25) is 5.10 Å². The Morgan fingerprint density at radius 3 is 2.73 bits per heavy atom. The van der Waals surface area contributed by atoms with Crippen molar-refractivity contribution in [2.24, 2.45) is 0 Å². The molecule has 0 atom stereocenters. The molecule has 0 amide bonds. The number of rotatable bonds is 2. The van der Waals surface area contributed by atoms with Crippen LogP contribution in [0.5, 0.6) is 0 Å². The Balaban J connectivity index is 2.33. The van der Waals surface area contributed by atoms with E-state index in [4.69, 9.17) is 11.0 Å². The molecule has 0 spiro atoms. The first-order chi connectivity index (χ1) is 7.31. The van der Waals surface area contributed by atoms with E-state index < -0.39 is 0 Å². The number of hydrogen-bond donors (Lipinski definition) is 3. The molecule has 2 aromatic rings. The molecule has 15 heavy (non-hydrogen) atoms. The summed E-state index contributed by atoms with van der Waals surface area (Å²) in [7, 11) is 0. The second-order valence-electron chi connectivity index (χ2n) is 2.96. The zero-order valence-corrected chi connectivity index (χ0v) is 7.86. The Bertz CT molecular complexity index is 494. The fourth-order valence-corrected chi connectivity index (χ4v) is 1.23. The highest BCUT2D eigenvalue weighted by molar-refractivity contribution is 5.74. The van der Waals surface area contributed by atoms with Crippen molar-refractivity contribution in [3.05, 3.63) is 36.0 Å². The topological polar surface area (TPSA) is 90.5 Å². The van der Waals surface area contributed by atoms with Crippen molar-refractivity contribution in [1.29, 1.82) is 5.26 Å². The normalized spacial score (nSPS) is 9.53. The summed E-state index contributed by atoms with van der Waals surface area (Å²) in [5.41, 5.74) is 7.32. The van der Waals surface area contributed by atoms with Crippen LogP contribution in [0.25, 0.3) is 0 Å². The maximum absolute atomic E-state index is 8.79. The number of hydrogen-bond acceptors (Lipinski definition) is 4. The molecular weight excluding hydrogens is 190 g/mol. The molecule has 1 aromatic carbocycles. The van der Waals surface area contributed by atoms with Gasteiger partial charge < -0.3 is 11.1 Å². The molecule has 0 bridgehead atoms. The number of benzene rings is 1. The monoisotopic (exact) mass is 199 g/mol. The van der Waals surface area contributed by atoms with E-state index >= 15 is 0 Å². The van der Waals surface area contributed by atoms with Crippen molar-refractivity contribution < 1.29 is 0 Å². The number of para-hydroxylation sites is 1. The number of aromatic amines is 1. The number of nitriles is 1. The Morgan fingerprint density at radius 2 is 2.07 bits per heavy atom. The Hall–Kier alpha value is -2.48. The SMILES string of the molecule is N#Cc1[nH]nc(N)c1Nc1ccccc1. The maximum Gasteiger partial charge on any atom is 0.170 e. The summed E-state index contributed by atoms with van der Waals surface area (Å²) in [6.45, 7) is 0. The maximum atomic E-state index is 8.79. The summed E-state index contributed by atoms with van der Waals surface area (Å²) in [4.78, 5) is 0. The lowest BCUT2D eigenvalue weighted by atomic mass is 10.3. The van der Waals surface area contributed by atoms with E-state index in [1.807, 2.05) is 36.4 Å². The van der Waals surface area contributed by atoms with Crippen molar-refractivity contribution in [1.82, 2.24) is 10.2 Å². The van der Waals surface area contributed by atoms with Crippen LogP contribution in [0.3, 0.4) is 0 Å². The number of nitrogens with zero attached hydrogens (tertiary/aromatic N) is 2. The lowest BCUT2D eigenvalue weighted by molar-refractivity contribution is 1.08. The number of nitrogen functional groups attached to an aromatic ring is 1. The van der Waals surface area contributed by atoms with E-state index in [0.29, 0.717) is 11.4 Å². The zero-order valence-electron chi connectivity index (χ0n) is 7.86. The Morgan fingerprint density at radius 1 is 1.33 bits per heavy atom. The average molecular weight is 199 g/mol. The molecule has 2 rings (SSSR count). The molecule has 0 aliphatic heterocycles. The van der Waals surface area contributed by atoms with E-state index in [-0.39, 0.29) is 5.82 Å². The van der Waals surface area contributed by atoms with Crippen molar-refractivity contribution in [2.45, 2.75) is 0 Å². The molecule has 0 radical (unpaired) electrons. The smallest absolute Gasteiger partial charge is 0.170 e. The van der Waals surface area contributed by atoms with Gasteiger partial charge in [0.15, 0.2) is 11.5 Å². The van der Waals surface area contributed by atoms with E-state index in [1.165, 1.54) is 0 Å². The Labute approximate surface area is 86.5 Å². The van der Waals surface area contributed by atoms with Crippen molar-refractivity contribution in [3.8, 4) is 6.07 Å². The number of aromatic nitrogens is 2. The average Bonchev–Trinajstić information content (AvgIpc) is 2.62. The predicted molar refractivity (Wildman–Crippen MR) is 57.4 cm³/mol. The second kappa shape index (κ2) is 3.72. The number of nitrogens with one attached hydrogen (secondary N) is 2. The summed E-state index contributed by atoms with van der Waals surface area (Å²) in [6, 6.07) is 11.4. The van der Waals surface area contributed by atoms with E-state index in [0.717, 1.165) is 5.69 Å². The van der Waals surface area contributed by atoms with Gasteiger partial charge in [0.25, 0.3) is 0 Å². The van der Waals surface area contributed by atoms with E-state index in [2.05, 4.69) is 15.5 Å². The fourth-order valence-electron chi connectivity index (χ4n) is 1.23. The molecule has 5 nitrogen and oxygen atoms in total. The van der Waals surface area contributed by atoms with E-state index in [1.54, 1.807) is 0 Å². The standard InChI is InChI=1S/C10H9N5/c11-6-8-9(10(12)15-14-8)13-7-4-2-1-3-5-7/h1-5,13H,(H3,12,14,15). The lowest BCUT2D eigenvalue weighted by Crippen LogP contribution is -1.95. The summed E-state index contributed by atoms with van der Waals surface area (Å²) in [6.07, 6.45) is 0. The van der Waals surface area contributed by atoms with Gasteiger partial charge in [0.05, 0.1) is 0 Å². The summed E-state index contributed by atoms with van der Waals surface area (Å²) in [5.74, 6) is 0.287. The second-order valence-corrected chi connectivity index (χ2v) is 2.96. The van der Waals surface area contributed by atoms with Gasteiger partial charge in [-0.1, -0.05) is 18.2 Å². The summed E-state index contributed by atoms with van der Waals surface area (Å²) < 4.78 is 0. The van der Waals surface area contributed by atoms with Crippen LogP contribution in [-0.4, -0.2) is 10.2 Å². The van der Waals surface area contributed by atoms with Crippen molar-refractivity contribution >= 4 is 17.2 Å². The Kier molecular flexibility index (Phi) is 2.25. The molecule has 0 fully saturated rings. The number of nitrogens with two attached hydrogens (primary N) is 1. The number of anilines is 3. The third-order valence-corrected chi connectivity index (χ3v) is 1.95. The van der Waals surface area contributed by atoms with Gasteiger partial charge in [-0.05, 0) is 12.1 Å². The molecule has 0 aliphatic rings. The third-order valence-electron chi connectivity index (χ3n) is 1.95. The minimum atomic E-state index is 0.287. The number of H-pyrrole nitrogens is 1. The van der Waals surface area contributed by atoms with Gasteiger partial charge in [0, 0.05) is 5.69 Å². The van der Waals surface area contributed by atoms with Crippen LogP contribution in [0.1, 0.15) is 5.69 Å². The van der Waals surface area contributed by atoms with Crippen LogP contribution in [0.15, 0.2) is 30.3 Å². The highest BCUT2D eigenvalue weighted by atomic mass is 15.2. The van der Waals surface area contributed by atoms with Gasteiger partial charge in [-0.15, -0.1) is 0 Å². The highest BCUT2D eigenvalue weighted by Crippen LogP contribution is 2.23. The molecule has 4 N–H and O–H groups in total. The third kappa shape index (κ3) is 1.74. The largest absolute Gasteiger partial charge is 0.380 e. The molecule has 0 saturated carbocycles.